The van der Waals surface area contributed by atoms with Crippen LogP contribution in [0.3, 0.4) is 0 Å². The maximum atomic E-state index is 2.92. The van der Waals surface area contributed by atoms with Crippen molar-refractivity contribution in [2.24, 2.45) is 0 Å². The second-order valence-electron chi connectivity index (χ2n) is 21.6. The molecule has 6 aliphatic rings. The highest BCUT2D eigenvalue weighted by molar-refractivity contribution is 7.26. The Labute approximate surface area is 328 Å². The zero-order valence-corrected chi connectivity index (χ0v) is 35.4. The highest BCUT2D eigenvalue weighted by Gasteiger charge is 2.62. The molecule has 0 saturated heterocycles. The van der Waals surface area contributed by atoms with E-state index < -0.39 is 0 Å². The second kappa shape index (κ2) is 10.1. The monoisotopic (exact) mass is 728 g/mol. The molecule has 1 aromatic heterocycles. The summed E-state index contributed by atoms with van der Waals surface area (Å²) in [5, 5.41) is 2.92. The van der Waals surface area contributed by atoms with E-state index in [1.807, 2.05) is 0 Å². The number of thiophene rings is 1. The van der Waals surface area contributed by atoms with E-state index in [1.54, 1.807) is 38.9 Å². The lowest BCUT2D eigenvalue weighted by molar-refractivity contribution is 0.194. The summed E-state index contributed by atoms with van der Waals surface area (Å²) in [6.45, 7) is 27.6. The smallest absolute Gasteiger partial charge is 0.254 e. The molecule has 3 unspecified atom stereocenters. The molecule has 4 aliphatic heterocycles. The molecule has 3 atom stereocenters. The van der Waals surface area contributed by atoms with Crippen molar-refractivity contribution in [2.75, 3.05) is 9.80 Å². The number of nitrogens with zero attached hydrogens (tertiary/aromatic N) is 2. The highest BCUT2D eigenvalue weighted by atomic mass is 32.1. The fraction of sp³-hybridized carbons (Fsp3) is 0.480. The van der Waals surface area contributed by atoms with Crippen molar-refractivity contribution in [3.05, 3.63) is 94.0 Å². The van der Waals surface area contributed by atoms with Gasteiger partial charge in [0.15, 0.2) is 0 Å². The van der Waals surface area contributed by atoms with E-state index in [-0.39, 0.29) is 39.3 Å². The zero-order chi connectivity index (χ0) is 37.7. The molecule has 4 aromatic carbocycles. The van der Waals surface area contributed by atoms with Crippen molar-refractivity contribution in [3.63, 3.8) is 0 Å². The Kier molecular flexibility index (Phi) is 6.31. The van der Waals surface area contributed by atoms with Gasteiger partial charge in [0, 0.05) is 32.9 Å². The SMILES string of the molecule is Cc1cc2c3c(c1)N1c4c5cc(cc4C4(C)CCCCC14C)C(C)(C)CC1(C)CCC(C)(C)c4cc6sc(c(c6cc41)B53)N2c1ccc(C(C)(C)C)cc1. The van der Waals surface area contributed by atoms with Crippen LogP contribution in [-0.4, -0.2) is 12.3 Å². The average Bonchev–Trinajstić information content (AvgIpc) is 3.57. The number of aryl methyl sites for hydroxylation is 1. The summed E-state index contributed by atoms with van der Waals surface area (Å²) in [7, 11) is 0. The molecule has 11 rings (SSSR count). The molecule has 4 bridgehead atoms. The van der Waals surface area contributed by atoms with E-state index >= 15 is 0 Å². The minimum Gasteiger partial charge on any atom is -0.335 e. The Morgan fingerprint density at radius 1 is 0.704 bits per heavy atom. The first kappa shape index (κ1) is 33.8. The van der Waals surface area contributed by atoms with Crippen LogP contribution in [0.4, 0.5) is 27.8 Å². The zero-order valence-electron chi connectivity index (χ0n) is 34.6. The van der Waals surface area contributed by atoms with E-state index in [9.17, 15) is 0 Å². The van der Waals surface area contributed by atoms with Gasteiger partial charge in [0.05, 0.1) is 10.5 Å². The molecule has 54 heavy (non-hydrogen) atoms. The van der Waals surface area contributed by atoms with Gasteiger partial charge in [0.25, 0.3) is 6.71 Å². The van der Waals surface area contributed by atoms with Crippen molar-refractivity contribution in [2.45, 2.75) is 154 Å². The molecule has 2 nitrogen and oxygen atoms in total. The summed E-state index contributed by atoms with van der Waals surface area (Å²) in [5.41, 5.74) is 19.9. The van der Waals surface area contributed by atoms with Crippen LogP contribution in [0, 0.1) is 6.92 Å². The summed E-state index contributed by atoms with van der Waals surface area (Å²) in [6, 6.07) is 25.6. The van der Waals surface area contributed by atoms with Crippen LogP contribution in [0.2, 0.25) is 0 Å². The van der Waals surface area contributed by atoms with Crippen LogP contribution in [0.5, 0.6) is 0 Å². The summed E-state index contributed by atoms with van der Waals surface area (Å²) < 4.78 is 1.46. The molecule has 2 aliphatic carbocycles. The Morgan fingerprint density at radius 2 is 1.43 bits per heavy atom. The average molecular weight is 729 g/mol. The molecule has 5 heterocycles. The largest absolute Gasteiger partial charge is 0.335 e. The van der Waals surface area contributed by atoms with Gasteiger partial charge in [-0.1, -0.05) is 99.4 Å². The van der Waals surface area contributed by atoms with E-state index in [2.05, 4.69) is 158 Å². The van der Waals surface area contributed by atoms with Crippen molar-refractivity contribution < 1.29 is 0 Å². The lowest BCUT2D eigenvalue weighted by Gasteiger charge is -2.52. The summed E-state index contributed by atoms with van der Waals surface area (Å²) >= 11 is 2.05. The van der Waals surface area contributed by atoms with Crippen molar-refractivity contribution in [1.82, 2.24) is 0 Å². The molecule has 0 spiro atoms. The van der Waals surface area contributed by atoms with Crippen LogP contribution in [0.15, 0.2) is 60.7 Å². The van der Waals surface area contributed by atoms with E-state index in [0.29, 0.717) is 0 Å². The fourth-order valence-corrected chi connectivity index (χ4v) is 14.3. The third kappa shape index (κ3) is 4.00. The molecule has 5 aromatic rings. The number of hydrogen-bond acceptors (Lipinski definition) is 3. The minimum atomic E-state index is 0.0217. The molecule has 1 saturated carbocycles. The first-order valence-electron chi connectivity index (χ1n) is 21.0. The number of hydrogen-bond donors (Lipinski definition) is 0. The second-order valence-corrected chi connectivity index (χ2v) is 22.6. The van der Waals surface area contributed by atoms with Gasteiger partial charge >= 0.3 is 0 Å². The predicted molar refractivity (Wildman–Crippen MR) is 235 cm³/mol. The lowest BCUT2D eigenvalue weighted by Crippen LogP contribution is -2.64. The van der Waals surface area contributed by atoms with Crippen molar-refractivity contribution in [1.29, 1.82) is 0 Å². The van der Waals surface area contributed by atoms with E-state index in [1.165, 1.54) is 87.3 Å². The first-order valence-corrected chi connectivity index (χ1v) is 21.8. The molecular formula is C50H57BN2S. The van der Waals surface area contributed by atoms with Crippen LogP contribution >= 0.6 is 11.3 Å². The van der Waals surface area contributed by atoms with Crippen molar-refractivity contribution >= 4 is 72.3 Å². The van der Waals surface area contributed by atoms with Gasteiger partial charge in [-0.15, -0.1) is 11.3 Å². The van der Waals surface area contributed by atoms with E-state index in [4.69, 9.17) is 0 Å². The maximum Gasteiger partial charge on any atom is 0.254 e. The quantitative estimate of drug-likeness (QED) is 0.156. The Balaban J connectivity index is 1.32. The third-order valence-corrected chi connectivity index (χ3v) is 17.4. The Hall–Kier alpha value is -3.50. The molecule has 0 radical (unpaired) electrons. The number of rotatable bonds is 1. The third-order valence-electron chi connectivity index (χ3n) is 16.2. The van der Waals surface area contributed by atoms with Gasteiger partial charge in [-0.3, -0.25) is 0 Å². The standard InChI is InChI=1S/C50H57BN2S/c1-29-22-38-42-39(23-29)53-43-36(49(10)18-12-13-19-50(49,53)11)24-31-25-37(43)51(42)41-33-26-35-34(46(5,6)20-21-48(35,9)28-47(31,7)8)27-40(33)54-44(41)52(38)32-16-14-30(15-17-32)45(2,3)4/h14-17,22-27H,12-13,18-21,28H2,1-11H3. The Bertz CT molecular complexity index is 2500. The minimum absolute atomic E-state index is 0.0217. The predicted octanol–water partition coefficient (Wildman–Crippen LogP) is 11.9. The molecular weight excluding hydrogens is 671 g/mol. The molecule has 4 heteroatoms. The maximum absolute atomic E-state index is 2.92. The summed E-state index contributed by atoms with van der Waals surface area (Å²) in [4.78, 5) is 5.61. The van der Waals surface area contributed by atoms with Crippen LogP contribution in [-0.2, 0) is 27.1 Å². The fourth-order valence-electron chi connectivity index (χ4n) is 13.0. The highest BCUT2D eigenvalue weighted by Crippen LogP contribution is 2.63. The number of anilines is 5. The van der Waals surface area contributed by atoms with Gasteiger partial charge < -0.3 is 9.80 Å². The first-order chi connectivity index (χ1) is 25.4. The van der Waals surface area contributed by atoms with Gasteiger partial charge in [-0.2, -0.15) is 0 Å². The van der Waals surface area contributed by atoms with Crippen LogP contribution in [0.1, 0.15) is 148 Å². The van der Waals surface area contributed by atoms with Crippen molar-refractivity contribution in [3.8, 4) is 0 Å². The Morgan fingerprint density at radius 3 is 2.17 bits per heavy atom. The molecule has 1 fully saturated rings. The van der Waals surface area contributed by atoms with Gasteiger partial charge in [0.2, 0.25) is 0 Å². The number of benzene rings is 4. The summed E-state index contributed by atoms with van der Waals surface area (Å²) in [5.74, 6) is 0. The molecule has 0 amide bonds. The van der Waals surface area contributed by atoms with E-state index in [0.717, 1.165) is 6.42 Å². The van der Waals surface area contributed by atoms with Gasteiger partial charge in [0.1, 0.15) is 0 Å². The van der Waals surface area contributed by atoms with Gasteiger partial charge in [-0.05, 0) is 159 Å². The number of fused-ring (bicyclic) bond motifs is 5. The topological polar surface area (TPSA) is 6.48 Å². The van der Waals surface area contributed by atoms with Crippen LogP contribution in [0.25, 0.3) is 10.1 Å². The normalized spacial score (nSPS) is 27.8. The summed E-state index contributed by atoms with van der Waals surface area (Å²) in [6.07, 6.45) is 8.72. The van der Waals surface area contributed by atoms with Gasteiger partial charge in [-0.25, -0.2) is 0 Å². The van der Waals surface area contributed by atoms with Crippen LogP contribution < -0.4 is 26.2 Å². The lowest BCUT2D eigenvalue weighted by atomic mass is 9.33. The molecule has 0 N–H and O–H groups in total. The molecule has 276 valence electrons.